The van der Waals surface area contributed by atoms with Gasteiger partial charge in [0, 0.05) is 18.6 Å². The molecular weight excluding hydrogens is 254 g/mol. The standard InChI is InChI=1S/C12H15NO4S/c1-8-13(10(7-18-8)12(15)16)11(14)5-4-9-3-2-6-17-9/h2-3,6,8,10H,4-5,7H2,1H3,(H,15,16). The van der Waals surface area contributed by atoms with Gasteiger partial charge in [0.1, 0.15) is 11.8 Å². The van der Waals surface area contributed by atoms with E-state index in [1.165, 1.54) is 16.7 Å². The minimum absolute atomic E-state index is 0.0739. The van der Waals surface area contributed by atoms with Crippen LogP contribution in [0.2, 0.25) is 0 Å². The maximum absolute atomic E-state index is 12.1. The van der Waals surface area contributed by atoms with E-state index in [1.54, 1.807) is 12.3 Å². The summed E-state index contributed by atoms with van der Waals surface area (Å²) in [4.78, 5) is 24.6. The third-order valence-corrected chi connectivity index (χ3v) is 4.18. The van der Waals surface area contributed by atoms with Crippen LogP contribution in [0.5, 0.6) is 0 Å². The summed E-state index contributed by atoms with van der Waals surface area (Å²) in [5.41, 5.74) is 0. The van der Waals surface area contributed by atoms with Gasteiger partial charge in [-0.25, -0.2) is 4.79 Å². The van der Waals surface area contributed by atoms with Crippen molar-refractivity contribution in [1.29, 1.82) is 0 Å². The zero-order valence-corrected chi connectivity index (χ0v) is 10.9. The average Bonchev–Trinajstić information content (AvgIpc) is 2.94. The molecule has 0 aliphatic carbocycles. The van der Waals surface area contributed by atoms with Crippen LogP contribution in [0.1, 0.15) is 19.1 Å². The summed E-state index contributed by atoms with van der Waals surface area (Å²) in [6, 6.07) is 2.88. The lowest BCUT2D eigenvalue weighted by Crippen LogP contribution is -2.44. The van der Waals surface area contributed by atoms with E-state index in [0.717, 1.165) is 5.76 Å². The van der Waals surface area contributed by atoms with Crippen LogP contribution in [-0.4, -0.2) is 39.1 Å². The van der Waals surface area contributed by atoms with Gasteiger partial charge in [-0.3, -0.25) is 4.79 Å². The Morgan fingerprint density at radius 2 is 2.39 bits per heavy atom. The molecule has 1 N–H and O–H groups in total. The van der Waals surface area contributed by atoms with E-state index in [0.29, 0.717) is 12.2 Å². The fourth-order valence-electron chi connectivity index (χ4n) is 2.03. The monoisotopic (exact) mass is 269 g/mol. The minimum Gasteiger partial charge on any atom is -0.480 e. The van der Waals surface area contributed by atoms with Crippen LogP contribution in [-0.2, 0) is 16.0 Å². The van der Waals surface area contributed by atoms with Crippen LogP contribution in [0.3, 0.4) is 0 Å². The summed E-state index contributed by atoms with van der Waals surface area (Å²) in [7, 11) is 0. The molecule has 1 amide bonds. The number of rotatable bonds is 4. The number of amides is 1. The van der Waals surface area contributed by atoms with Crippen LogP contribution in [0.15, 0.2) is 22.8 Å². The van der Waals surface area contributed by atoms with Gasteiger partial charge in [0.25, 0.3) is 0 Å². The largest absolute Gasteiger partial charge is 0.480 e. The summed E-state index contributed by atoms with van der Waals surface area (Å²) in [6.07, 6.45) is 2.35. The smallest absolute Gasteiger partial charge is 0.327 e. The van der Waals surface area contributed by atoms with Crippen molar-refractivity contribution in [3.05, 3.63) is 24.2 Å². The number of furan rings is 1. The van der Waals surface area contributed by atoms with E-state index >= 15 is 0 Å². The zero-order valence-electron chi connectivity index (χ0n) is 10.0. The molecule has 5 nitrogen and oxygen atoms in total. The molecule has 2 unspecified atom stereocenters. The third kappa shape index (κ3) is 2.69. The van der Waals surface area contributed by atoms with Gasteiger partial charge in [0.15, 0.2) is 0 Å². The van der Waals surface area contributed by atoms with E-state index in [-0.39, 0.29) is 17.7 Å². The van der Waals surface area contributed by atoms with Crippen molar-refractivity contribution in [3.8, 4) is 0 Å². The van der Waals surface area contributed by atoms with Crippen LogP contribution < -0.4 is 0 Å². The highest BCUT2D eigenvalue weighted by Crippen LogP contribution is 2.29. The van der Waals surface area contributed by atoms with E-state index in [9.17, 15) is 9.59 Å². The van der Waals surface area contributed by atoms with Gasteiger partial charge < -0.3 is 14.4 Å². The molecule has 2 rings (SSSR count). The normalized spacial score (nSPS) is 23.3. The lowest BCUT2D eigenvalue weighted by atomic mass is 10.2. The number of thioether (sulfide) groups is 1. The Morgan fingerprint density at radius 1 is 1.61 bits per heavy atom. The summed E-state index contributed by atoms with van der Waals surface area (Å²) in [5, 5.41) is 9.00. The predicted molar refractivity (Wildman–Crippen MR) is 67.2 cm³/mol. The number of nitrogens with zero attached hydrogens (tertiary/aromatic N) is 1. The first kappa shape index (κ1) is 13.0. The molecule has 1 aromatic rings. The Kier molecular flexibility index (Phi) is 3.96. The van der Waals surface area contributed by atoms with Gasteiger partial charge in [-0.15, -0.1) is 11.8 Å². The van der Waals surface area contributed by atoms with Crippen molar-refractivity contribution in [3.63, 3.8) is 0 Å². The second-order valence-electron chi connectivity index (χ2n) is 4.17. The molecule has 1 aliphatic heterocycles. The topological polar surface area (TPSA) is 70.8 Å². The molecule has 2 atom stereocenters. The Bertz CT molecular complexity index is 431. The zero-order chi connectivity index (χ0) is 13.1. The first-order valence-corrected chi connectivity index (χ1v) is 6.82. The predicted octanol–water partition coefficient (Wildman–Crippen LogP) is 1.59. The Morgan fingerprint density at radius 3 is 3.00 bits per heavy atom. The second kappa shape index (κ2) is 5.48. The Balaban J connectivity index is 1.96. The highest BCUT2D eigenvalue weighted by Gasteiger charge is 2.38. The fourth-order valence-corrected chi connectivity index (χ4v) is 3.21. The number of hydrogen-bond acceptors (Lipinski definition) is 4. The van der Waals surface area contributed by atoms with Crippen molar-refractivity contribution < 1.29 is 19.1 Å². The van der Waals surface area contributed by atoms with E-state index in [2.05, 4.69) is 0 Å². The van der Waals surface area contributed by atoms with Crippen molar-refractivity contribution >= 4 is 23.6 Å². The van der Waals surface area contributed by atoms with Crippen LogP contribution in [0.25, 0.3) is 0 Å². The molecule has 0 spiro atoms. The first-order valence-electron chi connectivity index (χ1n) is 5.77. The van der Waals surface area contributed by atoms with E-state index < -0.39 is 12.0 Å². The highest BCUT2D eigenvalue weighted by molar-refractivity contribution is 8.00. The number of hydrogen-bond donors (Lipinski definition) is 1. The van der Waals surface area contributed by atoms with Gasteiger partial charge in [-0.2, -0.15) is 0 Å². The third-order valence-electron chi connectivity index (χ3n) is 2.96. The van der Waals surface area contributed by atoms with Crippen molar-refractivity contribution in [1.82, 2.24) is 4.90 Å². The molecule has 2 heterocycles. The molecule has 98 valence electrons. The number of carbonyl (C=O) groups excluding carboxylic acids is 1. The van der Waals surface area contributed by atoms with Crippen molar-refractivity contribution in [2.24, 2.45) is 0 Å². The van der Waals surface area contributed by atoms with Gasteiger partial charge in [-0.1, -0.05) is 0 Å². The molecule has 1 aliphatic rings. The quantitative estimate of drug-likeness (QED) is 0.898. The van der Waals surface area contributed by atoms with Crippen LogP contribution in [0, 0.1) is 0 Å². The molecule has 0 aromatic carbocycles. The lowest BCUT2D eigenvalue weighted by Gasteiger charge is -2.24. The maximum Gasteiger partial charge on any atom is 0.327 e. The number of carboxylic acid groups (broad SMARTS) is 1. The minimum atomic E-state index is -0.932. The summed E-state index contributed by atoms with van der Waals surface area (Å²) in [5.74, 6) is 0.146. The van der Waals surface area contributed by atoms with Crippen molar-refractivity contribution in [2.45, 2.75) is 31.2 Å². The average molecular weight is 269 g/mol. The SMILES string of the molecule is CC1SCC(C(=O)O)N1C(=O)CCc1ccco1. The van der Waals surface area contributed by atoms with Gasteiger partial charge in [-0.05, 0) is 19.1 Å². The number of carbonyl (C=O) groups is 2. The molecular formula is C12H15NO4S. The highest BCUT2D eigenvalue weighted by atomic mass is 32.2. The van der Waals surface area contributed by atoms with Gasteiger partial charge >= 0.3 is 5.97 Å². The van der Waals surface area contributed by atoms with Gasteiger partial charge in [0.2, 0.25) is 5.91 Å². The Labute approximate surface area is 109 Å². The summed E-state index contributed by atoms with van der Waals surface area (Å²) >= 11 is 1.49. The van der Waals surface area contributed by atoms with Crippen molar-refractivity contribution in [2.75, 3.05) is 5.75 Å². The lowest BCUT2D eigenvalue weighted by molar-refractivity contribution is -0.148. The molecule has 18 heavy (non-hydrogen) atoms. The first-order chi connectivity index (χ1) is 8.59. The molecule has 1 aromatic heterocycles. The molecule has 0 saturated carbocycles. The number of aliphatic carboxylic acids is 1. The van der Waals surface area contributed by atoms with E-state index in [4.69, 9.17) is 9.52 Å². The maximum atomic E-state index is 12.1. The van der Waals surface area contributed by atoms with Crippen LogP contribution in [0.4, 0.5) is 0 Å². The van der Waals surface area contributed by atoms with Gasteiger partial charge in [0.05, 0.1) is 11.6 Å². The molecule has 1 saturated heterocycles. The second-order valence-corrected chi connectivity index (χ2v) is 5.52. The number of aryl methyl sites for hydroxylation is 1. The molecule has 0 radical (unpaired) electrons. The molecule has 6 heteroatoms. The molecule has 1 fully saturated rings. The molecule has 0 bridgehead atoms. The summed E-state index contributed by atoms with van der Waals surface area (Å²) in [6.45, 7) is 1.86. The Hall–Kier alpha value is -1.43. The van der Waals surface area contributed by atoms with E-state index in [1.807, 2.05) is 13.0 Å². The summed E-state index contributed by atoms with van der Waals surface area (Å²) < 4.78 is 5.16. The van der Waals surface area contributed by atoms with Crippen LogP contribution >= 0.6 is 11.8 Å². The number of carboxylic acids is 1. The fraction of sp³-hybridized carbons (Fsp3) is 0.500.